The summed E-state index contributed by atoms with van der Waals surface area (Å²) in [4.78, 5) is 0. The molecule has 0 aromatic heterocycles. The summed E-state index contributed by atoms with van der Waals surface area (Å²) >= 11 is 1.94. The van der Waals surface area contributed by atoms with Crippen LogP contribution in [0, 0.1) is 5.41 Å². The molecule has 0 aliphatic heterocycles. The fourth-order valence-electron chi connectivity index (χ4n) is 3.94. The van der Waals surface area contributed by atoms with Crippen LogP contribution in [0.3, 0.4) is 0 Å². The van der Waals surface area contributed by atoms with Crippen molar-refractivity contribution in [2.45, 2.75) is 70.6 Å². The first-order chi connectivity index (χ1) is 8.73. The molecule has 2 rings (SSSR count). The lowest BCUT2D eigenvalue weighted by atomic mass is 9.55. The van der Waals surface area contributed by atoms with Gasteiger partial charge in [-0.1, -0.05) is 19.3 Å². The molecule has 0 bridgehead atoms. The summed E-state index contributed by atoms with van der Waals surface area (Å²) in [5.74, 6) is 1.21. The smallest absolute Gasteiger partial charge is 0.0661 e. The Morgan fingerprint density at radius 2 is 2.06 bits per heavy atom. The lowest BCUT2D eigenvalue weighted by Crippen LogP contribution is -2.66. The second kappa shape index (κ2) is 6.62. The van der Waals surface area contributed by atoms with E-state index in [2.05, 4.69) is 25.4 Å². The van der Waals surface area contributed by atoms with Crippen LogP contribution < -0.4 is 5.32 Å². The molecule has 3 atom stereocenters. The van der Waals surface area contributed by atoms with E-state index in [0.717, 1.165) is 6.61 Å². The number of thioether (sulfide) groups is 1. The van der Waals surface area contributed by atoms with Crippen molar-refractivity contribution in [2.75, 3.05) is 18.6 Å². The zero-order valence-corrected chi connectivity index (χ0v) is 13.0. The molecule has 18 heavy (non-hydrogen) atoms. The minimum Gasteiger partial charge on any atom is -0.378 e. The van der Waals surface area contributed by atoms with Crippen LogP contribution in [0.15, 0.2) is 0 Å². The lowest BCUT2D eigenvalue weighted by Gasteiger charge is -2.58. The van der Waals surface area contributed by atoms with E-state index in [1.54, 1.807) is 0 Å². The maximum atomic E-state index is 6.00. The lowest BCUT2D eigenvalue weighted by molar-refractivity contribution is -0.151. The third kappa shape index (κ3) is 2.88. The van der Waals surface area contributed by atoms with Gasteiger partial charge in [0.1, 0.15) is 0 Å². The first-order valence-electron chi connectivity index (χ1n) is 7.59. The van der Waals surface area contributed by atoms with Crippen LogP contribution in [-0.2, 0) is 4.74 Å². The molecule has 2 aliphatic carbocycles. The summed E-state index contributed by atoms with van der Waals surface area (Å²) < 4.78 is 6.00. The molecule has 2 nitrogen and oxygen atoms in total. The minimum absolute atomic E-state index is 0.473. The highest BCUT2D eigenvalue weighted by molar-refractivity contribution is 7.98. The van der Waals surface area contributed by atoms with Crippen molar-refractivity contribution >= 4 is 11.8 Å². The van der Waals surface area contributed by atoms with Gasteiger partial charge in [-0.05, 0) is 39.4 Å². The van der Waals surface area contributed by atoms with E-state index < -0.39 is 0 Å². The first kappa shape index (κ1) is 14.7. The third-order valence-corrected chi connectivity index (χ3v) is 5.67. The van der Waals surface area contributed by atoms with Crippen LogP contribution in [0.4, 0.5) is 0 Å². The quantitative estimate of drug-likeness (QED) is 0.799. The SMILES string of the molecule is CCOC1CC(NC(C)CSC)C12CCCCC2. The van der Waals surface area contributed by atoms with Gasteiger partial charge in [0, 0.05) is 29.9 Å². The van der Waals surface area contributed by atoms with E-state index in [-0.39, 0.29) is 0 Å². The molecule has 3 unspecified atom stereocenters. The number of hydrogen-bond donors (Lipinski definition) is 1. The molecule has 3 heteroatoms. The van der Waals surface area contributed by atoms with Crippen LogP contribution in [0.5, 0.6) is 0 Å². The molecule has 1 N–H and O–H groups in total. The Bertz CT molecular complexity index is 253. The average molecular weight is 271 g/mol. The second-order valence-electron chi connectivity index (χ2n) is 6.05. The molecule has 1 spiro atoms. The largest absolute Gasteiger partial charge is 0.378 e. The molecule has 2 fully saturated rings. The fourth-order valence-corrected chi connectivity index (χ4v) is 4.53. The summed E-state index contributed by atoms with van der Waals surface area (Å²) in [6.45, 7) is 5.33. The predicted octanol–water partition coefficient (Wildman–Crippen LogP) is 3.46. The molecule has 106 valence electrons. The Morgan fingerprint density at radius 1 is 1.33 bits per heavy atom. The summed E-state index contributed by atoms with van der Waals surface area (Å²) in [6, 6.07) is 1.34. The number of hydrogen-bond acceptors (Lipinski definition) is 3. The highest BCUT2D eigenvalue weighted by Gasteiger charge is 2.55. The van der Waals surface area contributed by atoms with E-state index in [4.69, 9.17) is 4.74 Å². The van der Waals surface area contributed by atoms with Crippen molar-refractivity contribution in [1.82, 2.24) is 5.32 Å². The van der Waals surface area contributed by atoms with Gasteiger partial charge < -0.3 is 10.1 Å². The Labute approximate surface area is 117 Å². The maximum Gasteiger partial charge on any atom is 0.0661 e. The van der Waals surface area contributed by atoms with Gasteiger partial charge in [0.15, 0.2) is 0 Å². The monoisotopic (exact) mass is 271 g/mol. The average Bonchev–Trinajstić information content (AvgIpc) is 2.39. The molecule has 2 saturated carbocycles. The van der Waals surface area contributed by atoms with Crippen molar-refractivity contribution in [3.63, 3.8) is 0 Å². The topological polar surface area (TPSA) is 21.3 Å². The Morgan fingerprint density at radius 3 is 2.67 bits per heavy atom. The fraction of sp³-hybridized carbons (Fsp3) is 1.00. The van der Waals surface area contributed by atoms with Gasteiger partial charge in [-0.3, -0.25) is 0 Å². The molecule has 0 amide bonds. The van der Waals surface area contributed by atoms with E-state index >= 15 is 0 Å². The number of nitrogens with one attached hydrogen (secondary N) is 1. The van der Waals surface area contributed by atoms with Crippen molar-refractivity contribution in [3.8, 4) is 0 Å². The predicted molar refractivity (Wildman–Crippen MR) is 80.3 cm³/mol. The number of ether oxygens (including phenoxy) is 1. The normalized spacial score (nSPS) is 32.2. The van der Waals surface area contributed by atoms with E-state index in [9.17, 15) is 0 Å². The summed E-state index contributed by atoms with van der Waals surface area (Å²) in [6.07, 6.45) is 10.9. The molecule has 0 heterocycles. The standard InChI is InChI=1S/C15H29NOS/c1-4-17-14-10-13(16-12(2)11-18-3)15(14)8-6-5-7-9-15/h12-14,16H,4-11H2,1-3H3. The Balaban J connectivity index is 1.94. The molecule has 0 saturated heterocycles. The summed E-state index contributed by atoms with van der Waals surface area (Å²) in [5.41, 5.74) is 0.473. The van der Waals surface area contributed by atoms with Crippen LogP contribution in [0.1, 0.15) is 52.4 Å². The van der Waals surface area contributed by atoms with Crippen LogP contribution in [0.25, 0.3) is 0 Å². The molecular weight excluding hydrogens is 242 g/mol. The van der Waals surface area contributed by atoms with Gasteiger partial charge in [0.2, 0.25) is 0 Å². The zero-order chi connectivity index (χ0) is 13.0. The maximum absolute atomic E-state index is 6.00. The van der Waals surface area contributed by atoms with Gasteiger partial charge >= 0.3 is 0 Å². The minimum atomic E-state index is 0.473. The van der Waals surface area contributed by atoms with E-state index in [0.29, 0.717) is 23.6 Å². The molecule has 0 aromatic rings. The molecule has 0 aromatic carbocycles. The van der Waals surface area contributed by atoms with Crippen molar-refractivity contribution < 1.29 is 4.74 Å². The Hall–Kier alpha value is 0.270. The van der Waals surface area contributed by atoms with Crippen molar-refractivity contribution in [3.05, 3.63) is 0 Å². The highest BCUT2D eigenvalue weighted by Crippen LogP contribution is 2.53. The van der Waals surface area contributed by atoms with Crippen LogP contribution in [-0.4, -0.2) is 36.8 Å². The first-order valence-corrected chi connectivity index (χ1v) is 8.99. The van der Waals surface area contributed by atoms with Crippen LogP contribution in [0.2, 0.25) is 0 Å². The molecule has 0 radical (unpaired) electrons. The van der Waals surface area contributed by atoms with Crippen LogP contribution >= 0.6 is 11.8 Å². The van der Waals surface area contributed by atoms with Gasteiger partial charge in [-0.25, -0.2) is 0 Å². The second-order valence-corrected chi connectivity index (χ2v) is 6.96. The number of rotatable bonds is 6. The van der Waals surface area contributed by atoms with Crippen molar-refractivity contribution in [1.29, 1.82) is 0 Å². The molecular formula is C15H29NOS. The Kier molecular flexibility index (Phi) is 5.40. The molecule has 2 aliphatic rings. The van der Waals surface area contributed by atoms with Gasteiger partial charge in [-0.2, -0.15) is 11.8 Å². The van der Waals surface area contributed by atoms with Crippen molar-refractivity contribution in [2.24, 2.45) is 5.41 Å². The summed E-state index contributed by atoms with van der Waals surface area (Å²) in [5, 5.41) is 3.87. The van der Waals surface area contributed by atoms with Gasteiger partial charge in [0.05, 0.1) is 6.10 Å². The van der Waals surface area contributed by atoms with E-state index in [1.165, 1.54) is 44.3 Å². The third-order valence-electron chi connectivity index (χ3n) is 4.84. The van der Waals surface area contributed by atoms with Gasteiger partial charge in [0.25, 0.3) is 0 Å². The zero-order valence-electron chi connectivity index (χ0n) is 12.2. The highest BCUT2D eigenvalue weighted by atomic mass is 32.2. The summed E-state index contributed by atoms with van der Waals surface area (Å²) in [7, 11) is 0. The van der Waals surface area contributed by atoms with E-state index in [1.807, 2.05) is 11.8 Å². The van der Waals surface area contributed by atoms with Gasteiger partial charge in [-0.15, -0.1) is 0 Å².